The quantitative estimate of drug-likeness (QED) is 0.361. The van der Waals surface area contributed by atoms with Gasteiger partial charge in [-0.05, 0) is 42.0 Å². The van der Waals surface area contributed by atoms with Gasteiger partial charge in [-0.2, -0.15) is 5.26 Å². The molecule has 0 unspecified atom stereocenters. The fourth-order valence-corrected chi connectivity index (χ4v) is 3.50. The van der Waals surface area contributed by atoms with Crippen molar-refractivity contribution < 1.29 is 13.9 Å². The van der Waals surface area contributed by atoms with E-state index in [4.69, 9.17) is 26.8 Å². The van der Waals surface area contributed by atoms with E-state index >= 15 is 0 Å². The number of nitrogens with zero attached hydrogens (tertiary/aromatic N) is 2. The number of hydrogen-bond acceptors (Lipinski definition) is 6. The van der Waals surface area contributed by atoms with Crippen LogP contribution in [0.4, 0.5) is 21.5 Å². The van der Waals surface area contributed by atoms with E-state index in [0.29, 0.717) is 55.6 Å². The standard InChI is InChI=1S/C24H18ClFN4O2/c1-31-23-10-21-18(9-20(23)28)24(15(11-27)12-29-21)30-17-5-6-22(19(25)8-17)32-13-14-3-2-4-16(26)7-14/h2-10,12H,13,28H2,1H3,(H,29,30). The summed E-state index contributed by atoms with van der Waals surface area (Å²) in [5.74, 6) is 0.631. The largest absolute Gasteiger partial charge is 0.495 e. The molecule has 0 aliphatic rings. The number of benzene rings is 3. The molecule has 160 valence electrons. The molecule has 0 amide bonds. The van der Waals surface area contributed by atoms with Crippen molar-refractivity contribution in [1.82, 2.24) is 4.98 Å². The van der Waals surface area contributed by atoms with E-state index < -0.39 is 0 Å². The summed E-state index contributed by atoms with van der Waals surface area (Å²) in [5, 5.41) is 13.8. The average molecular weight is 449 g/mol. The summed E-state index contributed by atoms with van der Waals surface area (Å²) in [6.45, 7) is 0.180. The van der Waals surface area contributed by atoms with Crippen LogP contribution in [0.25, 0.3) is 10.9 Å². The second-order valence-corrected chi connectivity index (χ2v) is 7.37. The first-order valence-corrected chi connectivity index (χ1v) is 9.96. The number of anilines is 3. The highest BCUT2D eigenvalue weighted by molar-refractivity contribution is 6.32. The summed E-state index contributed by atoms with van der Waals surface area (Å²) in [5.41, 5.74) is 9.36. The summed E-state index contributed by atoms with van der Waals surface area (Å²) in [6.07, 6.45) is 1.48. The Morgan fingerprint density at radius 2 is 2.00 bits per heavy atom. The Bertz CT molecular complexity index is 1350. The van der Waals surface area contributed by atoms with Crippen molar-refractivity contribution in [3.8, 4) is 17.6 Å². The molecular weight excluding hydrogens is 431 g/mol. The van der Waals surface area contributed by atoms with E-state index in [-0.39, 0.29) is 12.4 Å². The van der Waals surface area contributed by atoms with Crippen molar-refractivity contribution in [3.63, 3.8) is 0 Å². The highest BCUT2D eigenvalue weighted by Crippen LogP contribution is 2.36. The topological polar surface area (TPSA) is 93.2 Å². The van der Waals surface area contributed by atoms with Crippen molar-refractivity contribution in [1.29, 1.82) is 5.26 Å². The number of nitrogens with one attached hydrogen (secondary N) is 1. The first-order valence-electron chi connectivity index (χ1n) is 9.58. The van der Waals surface area contributed by atoms with E-state index in [1.807, 2.05) is 0 Å². The van der Waals surface area contributed by atoms with Crippen LogP contribution < -0.4 is 20.5 Å². The van der Waals surface area contributed by atoms with Gasteiger partial charge in [0.05, 0.1) is 34.6 Å². The number of fused-ring (bicyclic) bond motifs is 1. The Labute approximate surface area is 189 Å². The van der Waals surface area contributed by atoms with Gasteiger partial charge in [-0.1, -0.05) is 23.7 Å². The van der Waals surface area contributed by atoms with Crippen LogP contribution in [-0.2, 0) is 6.61 Å². The Morgan fingerprint density at radius 3 is 2.72 bits per heavy atom. The molecule has 4 aromatic rings. The van der Waals surface area contributed by atoms with Gasteiger partial charge in [0.1, 0.15) is 30.0 Å². The van der Waals surface area contributed by atoms with Gasteiger partial charge in [0.25, 0.3) is 0 Å². The number of nitrogen functional groups attached to an aromatic ring is 1. The molecule has 6 nitrogen and oxygen atoms in total. The maximum atomic E-state index is 13.3. The molecule has 4 rings (SSSR count). The minimum atomic E-state index is -0.326. The van der Waals surface area contributed by atoms with E-state index in [1.165, 1.54) is 25.4 Å². The summed E-state index contributed by atoms with van der Waals surface area (Å²) in [7, 11) is 1.53. The zero-order chi connectivity index (χ0) is 22.7. The maximum absolute atomic E-state index is 13.3. The number of nitriles is 1. The Hall–Kier alpha value is -4.02. The summed E-state index contributed by atoms with van der Waals surface area (Å²) in [6, 6.07) is 16.9. The third kappa shape index (κ3) is 4.36. The lowest BCUT2D eigenvalue weighted by molar-refractivity contribution is 0.306. The minimum Gasteiger partial charge on any atom is -0.495 e. The third-order valence-corrected chi connectivity index (χ3v) is 5.12. The molecule has 0 spiro atoms. The van der Waals surface area contributed by atoms with Crippen LogP contribution in [-0.4, -0.2) is 12.1 Å². The zero-order valence-electron chi connectivity index (χ0n) is 17.0. The number of ether oxygens (including phenoxy) is 2. The number of pyridine rings is 1. The number of methoxy groups -OCH3 is 1. The van der Waals surface area contributed by atoms with Crippen LogP contribution in [0.5, 0.6) is 11.5 Å². The molecule has 1 heterocycles. The Balaban J connectivity index is 1.62. The summed E-state index contributed by atoms with van der Waals surface area (Å²) >= 11 is 6.40. The van der Waals surface area contributed by atoms with Gasteiger partial charge in [-0.15, -0.1) is 0 Å². The molecular formula is C24H18ClFN4O2. The lowest BCUT2D eigenvalue weighted by Gasteiger charge is -2.15. The van der Waals surface area contributed by atoms with E-state index in [0.717, 1.165) is 0 Å². The number of nitrogens with two attached hydrogens (primary N) is 1. The SMILES string of the molecule is COc1cc2ncc(C#N)c(Nc3ccc(OCc4cccc(F)c4)c(Cl)c3)c2cc1N. The molecule has 3 N–H and O–H groups in total. The highest BCUT2D eigenvalue weighted by Gasteiger charge is 2.13. The van der Waals surface area contributed by atoms with Gasteiger partial charge in [-0.25, -0.2) is 4.39 Å². The second-order valence-electron chi connectivity index (χ2n) is 6.96. The van der Waals surface area contributed by atoms with Gasteiger partial charge >= 0.3 is 0 Å². The maximum Gasteiger partial charge on any atom is 0.143 e. The smallest absolute Gasteiger partial charge is 0.143 e. The number of aromatic nitrogens is 1. The van der Waals surface area contributed by atoms with Gasteiger partial charge in [-0.3, -0.25) is 4.98 Å². The molecule has 3 aromatic carbocycles. The minimum absolute atomic E-state index is 0.180. The third-order valence-electron chi connectivity index (χ3n) is 4.82. The fourth-order valence-electron chi connectivity index (χ4n) is 3.26. The second kappa shape index (κ2) is 9.00. The normalized spacial score (nSPS) is 10.6. The predicted octanol–water partition coefficient (Wildman–Crippen LogP) is 5.81. The molecule has 0 aliphatic carbocycles. The van der Waals surface area contributed by atoms with E-state index in [2.05, 4.69) is 16.4 Å². The van der Waals surface area contributed by atoms with Crippen LogP contribution in [0.3, 0.4) is 0 Å². The molecule has 0 saturated carbocycles. The Kier molecular flexibility index (Phi) is 5.97. The average Bonchev–Trinajstić information content (AvgIpc) is 2.78. The molecule has 0 aliphatic heterocycles. The molecule has 8 heteroatoms. The van der Waals surface area contributed by atoms with Crippen molar-refractivity contribution in [2.45, 2.75) is 6.61 Å². The van der Waals surface area contributed by atoms with Crippen molar-refractivity contribution in [2.24, 2.45) is 0 Å². The monoisotopic (exact) mass is 448 g/mol. The number of hydrogen-bond donors (Lipinski definition) is 2. The van der Waals surface area contributed by atoms with E-state index in [9.17, 15) is 9.65 Å². The van der Waals surface area contributed by atoms with Crippen molar-refractivity contribution in [3.05, 3.63) is 82.8 Å². The zero-order valence-corrected chi connectivity index (χ0v) is 17.8. The molecule has 0 atom stereocenters. The summed E-state index contributed by atoms with van der Waals surface area (Å²) < 4.78 is 24.3. The molecule has 0 bridgehead atoms. The van der Waals surface area contributed by atoms with Gasteiger partial charge < -0.3 is 20.5 Å². The lowest BCUT2D eigenvalue weighted by atomic mass is 10.1. The van der Waals surface area contributed by atoms with Crippen LogP contribution >= 0.6 is 11.6 Å². The van der Waals surface area contributed by atoms with Crippen LogP contribution in [0, 0.1) is 17.1 Å². The molecule has 0 radical (unpaired) electrons. The van der Waals surface area contributed by atoms with Crippen LogP contribution in [0.15, 0.2) is 60.8 Å². The first kappa shape index (κ1) is 21.2. The summed E-state index contributed by atoms with van der Waals surface area (Å²) in [4.78, 5) is 4.32. The lowest BCUT2D eigenvalue weighted by Crippen LogP contribution is -2.00. The molecule has 0 saturated heterocycles. The first-order chi connectivity index (χ1) is 15.5. The molecule has 0 fully saturated rings. The number of halogens is 2. The van der Waals surface area contributed by atoms with Crippen LogP contribution in [0.1, 0.15) is 11.1 Å². The predicted molar refractivity (Wildman–Crippen MR) is 123 cm³/mol. The van der Waals surface area contributed by atoms with Crippen LogP contribution in [0.2, 0.25) is 5.02 Å². The van der Waals surface area contributed by atoms with E-state index in [1.54, 1.807) is 42.5 Å². The van der Waals surface area contributed by atoms with Gasteiger partial charge in [0, 0.05) is 23.3 Å². The Morgan fingerprint density at radius 1 is 1.16 bits per heavy atom. The number of rotatable bonds is 6. The van der Waals surface area contributed by atoms with Crippen molar-refractivity contribution in [2.75, 3.05) is 18.2 Å². The molecule has 32 heavy (non-hydrogen) atoms. The van der Waals surface area contributed by atoms with Gasteiger partial charge in [0.15, 0.2) is 0 Å². The molecule has 1 aromatic heterocycles. The van der Waals surface area contributed by atoms with Gasteiger partial charge in [0.2, 0.25) is 0 Å². The highest BCUT2D eigenvalue weighted by atomic mass is 35.5. The fraction of sp³-hybridized carbons (Fsp3) is 0.0833. The van der Waals surface area contributed by atoms with Crippen molar-refractivity contribution >= 4 is 39.6 Å².